The van der Waals surface area contributed by atoms with Crippen LogP contribution >= 0.6 is 23.2 Å². The molecule has 0 radical (unpaired) electrons. The molecule has 3 rings (SSSR count). The molecule has 2 aromatic rings. The molecule has 1 fully saturated rings. The SMILES string of the molecule is COc1ccc(S(=O)(=O)NCCOc2ccc(S(=O)(=O)N3CCCCC3)cc2)c(Cl)c1Cl. The van der Waals surface area contributed by atoms with Gasteiger partial charge in [-0.1, -0.05) is 29.6 Å². The molecule has 1 heterocycles. The highest BCUT2D eigenvalue weighted by Gasteiger charge is 2.26. The number of hydrogen-bond donors (Lipinski definition) is 1. The maximum absolute atomic E-state index is 12.7. The summed E-state index contributed by atoms with van der Waals surface area (Å²) in [5, 5.41) is -0.127. The molecule has 0 bridgehead atoms. The van der Waals surface area contributed by atoms with Gasteiger partial charge in [-0.05, 0) is 49.2 Å². The zero-order chi connectivity index (χ0) is 23.4. The van der Waals surface area contributed by atoms with E-state index in [0.29, 0.717) is 18.8 Å². The van der Waals surface area contributed by atoms with Crippen molar-refractivity contribution < 1.29 is 26.3 Å². The van der Waals surface area contributed by atoms with Crippen LogP contribution in [-0.2, 0) is 20.0 Å². The molecule has 0 spiro atoms. The van der Waals surface area contributed by atoms with Gasteiger partial charge in [-0.25, -0.2) is 21.6 Å². The maximum Gasteiger partial charge on any atom is 0.243 e. The Bertz CT molecular complexity index is 1150. The zero-order valence-electron chi connectivity index (χ0n) is 17.4. The van der Waals surface area contributed by atoms with Crippen molar-refractivity contribution >= 4 is 43.2 Å². The number of piperidine rings is 1. The third-order valence-corrected chi connectivity index (χ3v) is 9.35. The Hall–Kier alpha value is -1.56. The van der Waals surface area contributed by atoms with E-state index in [0.717, 1.165) is 19.3 Å². The van der Waals surface area contributed by atoms with E-state index in [2.05, 4.69) is 4.72 Å². The number of nitrogens with zero attached hydrogens (tertiary/aromatic N) is 1. The molecule has 0 saturated carbocycles. The molecule has 1 saturated heterocycles. The summed E-state index contributed by atoms with van der Waals surface area (Å²) in [4.78, 5) is 0.0377. The van der Waals surface area contributed by atoms with E-state index >= 15 is 0 Å². The lowest BCUT2D eigenvalue weighted by molar-refractivity contribution is 0.322. The van der Waals surface area contributed by atoms with Crippen molar-refractivity contribution in [1.29, 1.82) is 0 Å². The van der Waals surface area contributed by atoms with E-state index in [1.165, 1.54) is 35.7 Å². The molecule has 0 aliphatic carbocycles. The van der Waals surface area contributed by atoms with Crippen LogP contribution in [0, 0.1) is 0 Å². The maximum atomic E-state index is 12.7. The summed E-state index contributed by atoms with van der Waals surface area (Å²) >= 11 is 12.1. The molecule has 0 atom stereocenters. The average Bonchev–Trinajstić information content (AvgIpc) is 2.79. The summed E-state index contributed by atoms with van der Waals surface area (Å²) in [6.07, 6.45) is 2.77. The topological polar surface area (TPSA) is 102 Å². The van der Waals surface area contributed by atoms with E-state index < -0.39 is 20.0 Å². The first kappa shape index (κ1) is 25.1. The Morgan fingerprint density at radius 3 is 2.22 bits per heavy atom. The number of hydrogen-bond acceptors (Lipinski definition) is 6. The van der Waals surface area contributed by atoms with E-state index in [1.54, 1.807) is 12.1 Å². The number of rotatable bonds is 9. The first-order valence-electron chi connectivity index (χ1n) is 9.91. The lowest BCUT2D eigenvalue weighted by Gasteiger charge is -2.25. The van der Waals surface area contributed by atoms with Gasteiger partial charge in [0.25, 0.3) is 0 Å². The highest BCUT2D eigenvalue weighted by atomic mass is 35.5. The number of methoxy groups -OCH3 is 1. The highest BCUT2D eigenvalue weighted by Crippen LogP contribution is 2.36. The van der Waals surface area contributed by atoms with E-state index in [1.807, 2.05) is 0 Å². The van der Waals surface area contributed by atoms with Crippen molar-refractivity contribution in [2.75, 3.05) is 33.4 Å². The Morgan fingerprint density at radius 1 is 0.938 bits per heavy atom. The molecule has 1 N–H and O–H groups in total. The summed E-state index contributed by atoms with van der Waals surface area (Å²) in [5.74, 6) is 0.692. The van der Waals surface area contributed by atoms with E-state index in [4.69, 9.17) is 32.7 Å². The molecule has 1 aliphatic rings. The van der Waals surface area contributed by atoms with Crippen LogP contribution in [0.2, 0.25) is 10.0 Å². The molecule has 8 nitrogen and oxygen atoms in total. The van der Waals surface area contributed by atoms with E-state index in [9.17, 15) is 16.8 Å². The minimum Gasteiger partial charge on any atom is -0.495 e. The second-order valence-electron chi connectivity index (χ2n) is 7.08. The van der Waals surface area contributed by atoms with Crippen LogP contribution in [0.3, 0.4) is 0 Å². The summed E-state index contributed by atoms with van der Waals surface area (Å²) in [5.41, 5.74) is 0. The first-order chi connectivity index (χ1) is 15.2. The molecule has 2 aromatic carbocycles. The Labute approximate surface area is 198 Å². The van der Waals surface area contributed by atoms with Gasteiger partial charge < -0.3 is 9.47 Å². The lowest BCUT2D eigenvalue weighted by Crippen LogP contribution is -2.35. The van der Waals surface area contributed by atoms with Crippen molar-refractivity contribution in [3.8, 4) is 11.5 Å². The molecule has 176 valence electrons. The molecule has 0 aromatic heterocycles. The predicted octanol–water partition coefficient (Wildman–Crippen LogP) is 3.53. The van der Waals surface area contributed by atoms with Crippen LogP contribution in [0.1, 0.15) is 19.3 Å². The van der Waals surface area contributed by atoms with Crippen molar-refractivity contribution in [2.24, 2.45) is 0 Å². The number of ether oxygens (including phenoxy) is 2. The summed E-state index contributed by atoms with van der Waals surface area (Å²) < 4.78 is 64.8. The van der Waals surface area contributed by atoms with Crippen molar-refractivity contribution in [2.45, 2.75) is 29.1 Å². The lowest BCUT2D eigenvalue weighted by atomic mass is 10.2. The number of benzene rings is 2. The van der Waals surface area contributed by atoms with Crippen LogP contribution < -0.4 is 14.2 Å². The molecule has 0 amide bonds. The third-order valence-electron chi connectivity index (χ3n) is 4.96. The molecule has 1 aliphatic heterocycles. The molecule has 0 unspecified atom stereocenters. The van der Waals surface area contributed by atoms with Gasteiger partial charge in [-0.3, -0.25) is 0 Å². The fourth-order valence-corrected chi connectivity index (χ4v) is 6.63. The molecular formula is C20H24Cl2N2O6S2. The Morgan fingerprint density at radius 2 is 1.59 bits per heavy atom. The zero-order valence-corrected chi connectivity index (χ0v) is 20.5. The van der Waals surface area contributed by atoms with Crippen molar-refractivity contribution in [3.05, 3.63) is 46.4 Å². The summed E-state index contributed by atoms with van der Waals surface area (Å²) in [6.45, 7) is 1.06. The fourth-order valence-electron chi connectivity index (χ4n) is 3.26. The van der Waals surface area contributed by atoms with Gasteiger partial charge in [-0.15, -0.1) is 0 Å². The average molecular weight is 523 g/mol. The number of sulfonamides is 2. The van der Waals surface area contributed by atoms with Crippen molar-refractivity contribution in [1.82, 2.24) is 9.03 Å². The Balaban J connectivity index is 1.56. The van der Waals surface area contributed by atoms with Crippen LogP contribution in [-0.4, -0.2) is 54.5 Å². The largest absolute Gasteiger partial charge is 0.495 e. The van der Waals surface area contributed by atoms with Crippen molar-refractivity contribution in [3.63, 3.8) is 0 Å². The van der Waals surface area contributed by atoms with Gasteiger partial charge >= 0.3 is 0 Å². The van der Waals surface area contributed by atoms with Gasteiger partial charge in [0.1, 0.15) is 28.0 Å². The van der Waals surface area contributed by atoms with Gasteiger partial charge in [0, 0.05) is 19.6 Å². The van der Waals surface area contributed by atoms with E-state index in [-0.39, 0.29) is 38.7 Å². The smallest absolute Gasteiger partial charge is 0.243 e. The van der Waals surface area contributed by atoms with Gasteiger partial charge in [0.2, 0.25) is 20.0 Å². The second kappa shape index (κ2) is 10.6. The number of nitrogens with one attached hydrogen (secondary N) is 1. The standard InChI is InChI=1S/C20H24Cl2N2O6S2/c1-29-17-9-10-18(20(22)19(17)21)31(25,26)23-11-14-30-15-5-7-16(8-6-15)32(27,28)24-12-3-2-4-13-24/h5-10,23H,2-4,11-14H2,1H3. The second-order valence-corrected chi connectivity index (χ2v) is 11.5. The van der Waals surface area contributed by atoms with Gasteiger partial charge in [0.05, 0.1) is 17.0 Å². The minimum absolute atomic E-state index is 0.00730. The molecular weight excluding hydrogens is 499 g/mol. The molecule has 32 heavy (non-hydrogen) atoms. The normalized spacial score (nSPS) is 15.5. The monoisotopic (exact) mass is 522 g/mol. The highest BCUT2D eigenvalue weighted by molar-refractivity contribution is 7.89. The quantitative estimate of drug-likeness (QED) is 0.505. The van der Waals surface area contributed by atoms with Crippen LogP contribution in [0.4, 0.5) is 0 Å². The van der Waals surface area contributed by atoms with Gasteiger partial charge in [-0.2, -0.15) is 4.31 Å². The summed E-state index contributed by atoms with van der Waals surface area (Å²) in [7, 11) is -6.03. The Kier molecular flexibility index (Phi) is 8.29. The fraction of sp³-hybridized carbons (Fsp3) is 0.400. The summed E-state index contributed by atoms with van der Waals surface area (Å²) in [6, 6.07) is 8.79. The minimum atomic E-state index is -3.92. The molecule has 12 heteroatoms. The van der Waals surface area contributed by atoms with Crippen LogP contribution in [0.15, 0.2) is 46.2 Å². The van der Waals surface area contributed by atoms with Gasteiger partial charge in [0.15, 0.2) is 0 Å². The first-order valence-corrected chi connectivity index (χ1v) is 13.6. The third kappa shape index (κ3) is 5.67. The van der Waals surface area contributed by atoms with Crippen LogP contribution in [0.25, 0.3) is 0 Å². The number of halogens is 2. The van der Waals surface area contributed by atoms with Crippen LogP contribution in [0.5, 0.6) is 11.5 Å². The predicted molar refractivity (Wildman–Crippen MR) is 123 cm³/mol.